The highest BCUT2D eigenvalue weighted by Crippen LogP contribution is 2.03. The summed E-state index contributed by atoms with van der Waals surface area (Å²) in [6, 6.07) is 19.0. The molecule has 0 aliphatic carbocycles. The minimum Gasteiger partial charge on any atom is -0.411 e. The molecule has 0 bridgehead atoms. The molecule has 2 rings (SSSR count). The summed E-state index contributed by atoms with van der Waals surface area (Å²) in [6.07, 6.45) is 0. The largest absolute Gasteiger partial charge is 0.411 e. The maximum absolute atomic E-state index is 8.38. The van der Waals surface area contributed by atoms with Crippen LogP contribution in [0.2, 0.25) is 5.02 Å². The van der Waals surface area contributed by atoms with Crippen LogP contribution in [0.15, 0.2) is 65.8 Å². The molecule has 1 N–H and O–H groups in total. The SMILES string of the molecule is CC(=NO)c1ccccc1.Clc1ccccc1. The first-order valence-electron chi connectivity index (χ1n) is 5.18. The van der Waals surface area contributed by atoms with Gasteiger partial charge in [-0.2, -0.15) is 0 Å². The van der Waals surface area contributed by atoms with E-state index in [9.17, 15) is 0 Å². The first kappa shape index (κ1) is 13.3. The van der Waals surface area contributed by atoms with Gasteiger partial charge in [-0.1, -0.05) is 65.3 Å². The summed E-state index contributed by atoms with van der Waals surface area (Å²) in [5.74, 6) is 0. The average molecular weight is 248 g/mol. The van der Waals surface area contributed by atoms with E-state index in [2.05, 4.69) is 5.16 Å². The van der Waals surface area contributed by atoms with E-state index in [1.54, 1.807) is 6.92 Å². The molecular weight excluding hydrogens is 234 g/mol. The molecule has 0 saturated heterocycles. The van der Waals surface area contributed by atoms with Gasteiger partial charge in [0.25, 0.3) is 0 Å². The lowest BCUT2D eigenvalue weighted by molar-refractivity contribution is 0.319. The number of hydrogen-bond acceptors (Lipinski definition) is 2. The second kappa shape index (κ2) is 7.47. The van der Waals surface area contributed by atoms with E-state index in [4.69, 9.17) is 16.8 Å². The number of halogens is 1. The van der Waals surface area contributed by atoms with Crippen molar-refractivity contribution in [2.75, 3.05) is 0 Å². The molecule has 0 spiro atoms. The van der Waals surface area contributed by atoms with Gasteiger partial charge in [0, 0.05) is 5.02 Å². The fraction of sp³-hybridized carbons (Fsp3) is 0.0714. The Balaban J connectivity index is 0.000000181. The first-order chi connectivity index (χ1) is 8.24. The molecule has 0 amide bonds. The molecule has 0 atom stereocenters. The zero-order valence-corrected chi connectivity index (χ0v) is 10.3. The van der Waals surface area contributed by atoms with Gasteiger partial charge in [-0.3, -0.25) is 0 Å². The monoisotopic (exact) mass is 247 g/mol. The third kappa shape index (κ3) is 5.18. The number of oxime groups is 1. The van der Waals surface area contributed by atoms with Crippen molar-refractivity contribution in [2.24, 2.45) is 5.16 Å². The minimum absolute atomic E-state index is 0.639. The van der Waals surface area contributed by atoms with E-state index in [0.29, 0.717) is 5.71 Å². The van der Waals surface area contributed by atoms with E-state index in [-0.39, 0.29) is 0 Å². The van der Waals surface area contributed by atoms with Gasteiger partial charge in [0.05, 0.1) is 5.71 Å². The van der Waals surface area contributed by atoms with Gasteiger partial charge in [-0.15, -0.1) is 0 Å². The molecule has 0 radical (unpaired) electrons. The topological polar surface area (TPSA) is 32.6 Å². The molecule has 2 aromatic rings. The number of hydrogen-bond donors (Lipinski definition) is 1. The van der Waals surface area contributed by atoms with Crippen molar-refractivity contribution in [3.63, 3.8) is 0 Å². The van der Waals surface area contributed by atoms with Crippen LogP contribution in [0.1, 0.15) is 12.5 Å². The summed E-state index contributed by atoms with van der Waals surface area (Å²) in [5.41, 5.74) is 1.59. The smallest absolute Gasteiger partial charge is 0.0836 e. The van der Waals surface area contributed by atoms with Gasteiger partial charge in [0.15, 0.2) is 0 Å². The molecule has 0 fully saturated rings. The molecule has 0 saturated carbocycles. The summed E-state index contributed by atoms with van der Waals surface area (Å²) in [6.45, 7) is 1.76. The Hall–Kier alpha value is -1.80. The number of benzene rings is 2. The van der Waals surface area contributed by atoms with Crippen molar-refractivity contribution in [3.8, 4) is 0 Å². The van der Waals surface area contributed by atoms with Crippen molar-refractivity contribution in [2.45, 2.75) is 6.92 Å². The quantitative estimate of drug-likeness (QED) is 0.457. The Labute approximate surface area is 106 Å². The van der Waals surface area contributed by atoms with E-state index in [1.807, 2.05) is 60.7 Å². The van der Waals surface area contributed by atoms with Gasteiger partial charge >= 0.3 is 0 Å². The van der Waals surface area contributed by atoms with E-state index < -0.39 is 0 Å². The average Bonchev–Trinajstić information content (AvgIpc) is 2.40. The van der Waals surface area contributed by atoms with Crippen LogP contribution in [0.3, 0.4) is 0 Å². The molecule has 2 aromatic carbocycles. The fourth-order valence-electron chi connectivity index (χ4n) is 1.15. The Bertz CT molecular complexity index is 454. The van der Waals surface area contributed by atoms with Crippen LogP contribution in [0, 0.1) is 0 Å². The summed E-state index contributed by atoms with van der Waals surface area (Å²) in [5, 5.41) is 12.2. The molecule has 0 aliphatic rings. The van der Waals surface area contributed by atoms with Crippen LogP contribution in [-0.2, 0) is 0 Å². The maximum atomic E-state index is 8.38. The summed E-state index contributed by atoms with van der Waals surface area (Å²) >= 11 is 5.54. The van der Waals surface area contributed by atoms with Crippen LogP contribution in [0.5, 0.6) is 0 Å². The van der Waals surface area contributed by atoms with Gasteiger partial charge < -0.3 is 5.21 Å². The maximum Gasteiger partial charge on any atom is 0.0836 e. The lowest BCUT2D eigenvalue weighted by Gasteiger charge is -1.94. The third-order valence-electron chi connectivity index (χ3n) is 2.07. The van der Waals surface area contributed by atoms with Crippen LogP contribution >= 0.6 is 11.6 Å². The Kier molecular flexibility index (Phi) is 5.83. The second-order valence-electron chi connectivity index (χ2n) is 3.35. The summed E-state index contributed by atoms with van der Waals surface area (Å²) in [7, 11) is 0. The lowest BCUT2D eigenvalue weighted by Crippen LogP contribution is -1.92. The molecule has 0 aromatic heterocycles. The highest BCUT2D eigenvalue weighted by molar-refractivity contribution is 6.30. The predicted octanol–water partition coefficient (Wildman–Crippen LogP) is 4.22. The van der Waals surface area contributed by atoms with Crippen molar-refractivity contribution in [3.05, 3.63) is 71.2 Å². The van der Waals surface area contributed by atoms with Gasteiger partial charge in [0.1, 0.15) is 0 Å². The molecule has 0 heterocycles. The van der Waals surface area contributed by atoms with E-state index >= 15 is 0 Å². The normalized spacial score (nSPS) is 10.4. The summed E-state index contributed by atoms with van der Waals surface area (Å²) < 4.78 is 0. The van der Waals surface area contributed by atoms with Gasteiger partial charge in [-0.25, -0.2) is 0 Å². The van der Waals surface area contributed by atoms with Crippen molar-refractivity contribution in [1.82, 2.24) is 0 Å². The molecule has 17 heavy (non-hydrogen) atoms. The molecule has 0 unspecified atom stereocenters. The minimum atomic E-state index is 0.639. The standard InChI is InChI=1S/C8H9NO.C6H5Cl/c1-7(9-10)8-5-3-2-4-6-8;7-6-4-2-1-3-5-6/h2-6,10H,1H3;1-5H. The number of rotatable bonds is 1. The fourth-order valence-corrected chi connectivity index (χ4v) is 1.30. The second-order valence-corrected chi connectivity index (χ2v) is 3.78. The molecule has 3 heteroatoms. The first-order valence-corrected chi connectivity index (χ1v) is 5.56. The van der Waals surface area contributed by atoms with Gasteiger partial charge in [-0.05, 0) is 24.6 Å². The summed E-state index contributed by atoms with van der Waals surface area (Å²) in [4.78, 5) is 0. The molecule has 0 aliphatic heterocycles. The zero-order chi connectivity index (χ0) is 12.5. The molecule has 88 valence electrons. The Morgan fingerprint density at radius 1 is 0.941 bits per heavy atom. The van der Waals surface area contributed by atoms with Crippen LogP contribution in [0.4, 0.5) is 0 Å². The van der Waals surface area contributed by atoms with Crippen LogP contribution < -0.4 is 0 Å². The van der Waals surface area contributed by atoms with Crippen LogP contribution in [0.25, 0.3) is 0 Å². The Morgan fingerprint density at radius 3 is 1.76 bits per heavy atom. The van der Waals surface area contributed by atoms with Gasteiger partial charge in [0.2, 0.25) is 0 Å². The Morgan fingerprint density at radius 2 is 1.41 bits per heavy atom. The van der Waals surface area contributed by atoms with E-state index in [0.717, 1.165) is 10.6 Å². The van der Waals surface area contributed by atoms with Crippen molar-refractivity contribution < 1.29 is 5.21 Å². The number of nitrogens with zero attached hydrogens (tertiary/aromatic N) is 1. The molecule has 2 nitrogen and oxygen atoms in total. The highest BCUT2D eigenvalue weighted by atomic mass is 35.5. The van der Waals surface area contributed by atoms with Crippen molar-refractivity contribution >= 4 is 17.3 Å². The van der Waals surface area contributed by atoms with Crippen molar-refractivity contribution in [1.29, 1.82) is 0 Å². The predicted molar refractivity (Wildman–Crippen MR) is 71.9 cm³/mol. The highest BCUT2D eigenvalue weighted by Gasteiger charge is 1.92. The third-order valence-corrected chi connectivity index (χ3v) is 2.33. The lowest BCUT2D eigenvalue weighted by atomic mass is 10.1. The van der Waals surface area contributed by atoms with Crippen LogP contribution in [-0.4, -0.2) is 10.9 Å². The zero-order valence-electron chi connectivity index (χ0n) is 9.55. The molecular formula is C14H14ClNO. The van der Waals surface area contributed by atoms with E-state index in [1.165, 1.54) is 0 Å².